The maximum absolute atomic E-state index is 12.5. The summed E-state index contributed by atoms with van der Waals surface area (Å²) in [6.07, 6.45) is 1.65. The quantitative estimate of drug-likeness (QED) is 0.777. The Kier molecular flexibility index (Phi) is 5.11. The molecule has 1 aromatic heterocycles. The highest BCUT2D eigenvalue weighted by Gasteiger charge is 2.16. The van der Waals surface area contributed by atoms with Gasteiger partial charge < -0.3 is 10.6 Å². The molecular formula is C15H17IN4O. The molecular weight excluding hydrogens is 379 g/mol. The standard InChI is InChI=1S/C15H17IN4O/c1-9(2)14-18-8-12(17-3)13(20-14)15(21)19-11-7-5-4-6-10(11)16/h4-9,17H,1-3H3,(H,19,21). The number of hydrogen-bond acceptors (Lipinski definition) is 4. The van der Waals surface area contributed by atoms with Crippen LogP contribution >= 0.6 is 22.6 Å². The van der Waals surface area contributed by atoms with Crippen LogP contribution in [-0.4, -0.2) is 22.9 Å². The lowest BCUT2D eigenvalue weighted by molar-refractivity contribution is 0.102. The van der Waals surface area contributed by atoms with Gasteiger partial charge in [0.2, 0.25) is 0 Å². The number of nitrogens with one attached hydrogen (secondary N) is 2. The van der Waals surface area contributed by atoms with Crippen molar-refractivity contribution in [3.05, 3.63) is 45.6 Å². The van der Waals surface area contributed by atoms with Gasteiger partial charge >= 0.3 is 0 Å². The number of aromatic nitrogens is 2. The van der Waals surface area contributed by atoms with Crippen LogP contribution in [0.1, 0.15) is 36.1 Å². The number of para-hydroxylation sites is 1. The summed E-state index contributed by atoms with van der Waals surface area (Å²) >= 11 is 2.19. The van der Waals surface area contributed by atoms with Crippen molar-refractivity contribution in [1.29, 1.82) is 0 Å². The summed E-state index contributed by atoms with van der Waals surface area (Å²) in [6.45, 7) is 3.99. The second kappa shape index (κ2) is 6.84. The normalized spacial score (nSPS) is 10.5. The van der Waals surface area contributed by atoms with Crippen LogP contribution in [0.25, 0.3) is 0 Å². The van der Waals surface area contributed by atoms with Crippen LogP contribution in [0.15, 0.2) is 30.5 Å². The van der Waals surface area contributed by atoms with E-state index in [9.17, 15) is 4.79 Å². The second-order valence-electron chi connectivity index (χ2n) is 4.83. The topological polar surface area (TPSA) is 66.9 Å². The van der Waals surface area contributed by atoms with Crippen molar-refractivity contribution in [3.8, 4) is 0 Å². The van der Waals surface area contributed by atoms with Gasteiger partial charge in [-0.25, -0.2) is 9.97 Å². The summed E-state index contributed by atoms with van der Waals surface area (Å²) in [4.78, 5) is 21.1. The number of hydrogen-bond donors (Lipinski definition) is 2. The van der Waals surface area contributed by atoms with Crippen molar-refractivity contribution in [2.75, 3.05) is 17.7 Å². The molecule has 0 aliphatic heterocycles. The molecule has 0 spiro atoms. The number of amides is 1. The van der Waals surface area contributed by atoms with E-state index in [0.717, 1.165) is 9.26 Å². The van der Waals surface area contributed by atoms with Crippen LogP contribution in [0.3, 0.4) is 0 Å². The van der Waals surface area contributed by atoms with Crippen LogP contribution in [0.5, 0.6) is 0 Å². The minimum Gasteiger partial charge on any atom is -0.385 e. The number of benzene rings is 1. The molecule has 0 aliphatic carbocycles. The lowest BCUT2D eigenvalue weighted by atomic mass is 10.2. The zero-order chi connectivity index (χ0) is 15.4. The SMILES string of the molecule is CNc1cnc(C(C)C)nc1C(=O)Nc1ccccc1I. The molecule has 0 unspecified atom stereocenters. The van der Waals surface area contributed by atoms with Gasteiger partial charge in [0.25, 0.3) is 5.91 Å². The smallest absolute Gasteiger partial charge is 0.276 e. The molecule has 0 aliphatic rings. The van der Waals surface area contributed by atoms with Crippen molar-refractivity contribution >= 4 is 39.9 Å². The van der Waals surface area contributed by atoms with Crippen molar-refractivity contribution in [3.63, 3.8) is 0 Å². The summed E-state index contributed by atoms with van der Waals surface area (Å²) in [7, 11) is 1.75. The van der Waals surface area contributed by atoms with Crippen molar-refractivity contribution in [2.24, 2.45) is 0 Å². The van der Waals surface area contributed by atoms with E-state index in [1.165, 1.54) is 0 Å². The minimum absolute atomic E-state index is 0.166. The number of nitrogens with zero attached hydrogens (tertiary/aromatic N) is 2. The summed E-state index contributed by atoms with van der Waals surface area (Å²) in [6, 6.07) is 7.62. The molecule has 2 N–H and O–H groups in total. The Morgan fingerprint density at radius 3 is 2.57 bits per heavy atom. The third-order valence-corrected chi connectivity index (χ3v) is 3.87. The fraction of sp³-hybridized carbons (Fsp3) is 0.267. The van der Waals surface area contributed by atoms with E-state index < -0.39 is 0 Å². The van der Waals surface area contributed by atoms with Gasteiger partial charge in [-0.1, -0.05) is 26.0 Å². The summed E-state index contributed by atoms with van der Waals surface area (Å²) in [5.41, 5.74) is 1.74. The number of halogens is 1. The Bertz CT molecular complexity index is 658. The van der Waals surface area contributed by atoms with E-state index in [0.29, 0.717) is 17.2 Å². The van der Waals surface area contributed by atoms with Gasteiger partial charge in [0.05, 0.1) is 17.6 Å². The Hall–Kier alpha value is -1.70. The molecule has 6 heteroatoms. The highest BCUT2D eigenvalue weighted by Crippen LogP contribution is 2.20. The van der Waals surface area contributed by atoms with E-state index in [4.69, 9.17) is 0 Å². The van der Waals surface area contributed by atoms with Gasteiger partial charge in [-0.05, 0) is 34.7 Å². The average Bonchev–Trinajstić information content (AvgIpc) is 2.48. The van der Waals surface area contributed by atoms with Gasteiger partial charge in [0, 0.05) is 16.5 Å². The van der Waals surface area contributed by atoms with Gasteiger partial charge in [-0.2, -0.15) is 0 Å². The molecule has 1 amide bonds. The highest BCUT2D eigenvalue weighted by atomic mass is 127. The zero-order valence-electron chi connectivity index (χ0n) is 12.1. The van der Waals surface area contributed by atoms with Gasteiger partial charge in [0.15, 0.2) is 5.69 Å². The van der Waals surface area contributed by atoms with E-state index in [1.807, 2.05) is 38.1 Å². The predicted octanol–water partition coefficient (Wildman–Crippen LogP) is 3.50. The van der Waals surface area contributed by atoms with Crippen LogP contribution in [0.2, 0.25) is 0 Å². The Labute approximate surface area is 137 Å². The summed E-state index contributed by atoms with van der Waals surface area (Å²) < 4.78 is 0.979. The highest BCUT2D eigenvalue weighted by molar-refractivity contribution is 14.1. The first-order chi connectivity index (χ1) is 10.0. The molecule has 2 aromatic rings. The molecule has 0 atom stereocenters. The summed E-state index contributed by atoms with van der Waals surface area (Å²) in [5, 5.41) is 5.85. The molecule has 21 heavy (non-hydrogen) atoms. The molecule has 110 valence electrons. The van der Waals surface area contributed by atoms with Crippen LogP contribution in [0.4, 0.5) is 11.4 Å². The van der Waals surface area contributed by atoms with Crippen LogP contribution in [-0.2, 0) is 0 Å². The number of carbonyl (C=O) groups excluding carboxylic acids is 1. The third-order valence-electron chi connectivity index (χ3n) is 2.93. The van der Waals surface area contributed by atoms with Gasteiger partial charge in [0.1, 0.15) is 5.82 Å². The monoisotopic (exact) mass is 396 g/mol. The first kappa shape index (κ1) is 15.7. The van der Waals surface area contributed by atoms with E-state index in [-0.39, 0.29) is 11.8 Å². The van der Waals surface area contributed by atoms with E-state index >= 15 is 0 Å². The van der Waals surface area contributed by atoms with E-state index in [1.54, 1.807) is 13.2 Å². The van der Waals surface area contributed by atoms with Gasteiger partial charge in [-0.3, -0.25) is 4.79 Å². The van der Waals surface area contributed by atoms with Gasteiger partial charge in [-0.15, -0.1) is 0 Å². The first-order valence-corrected chi connectivity index (χ1v) is 7.71. The Morgan fingerprint density at radius 2 is 1.95 bits per heavy atom. The Balaban J connectivity index is 2.34. The zero-order valence-corrected chi connectivity index (χ0v) is 14.3. The summed E-state index contributed by atoms with van der Waals surface area (Å²) in [5.74, 6) is 0.578. The molecule has 5 nitrogen and oxygen atoms in total. The predicted molar refractivity (Wildman–Crippen MR) is 92.8 cm³/mol. The van der Waals surface area contributed by atoms with Crippen LogP contribution in [0, 0.1) is 3.57 Å². The molecule has 0 saturated carbocycles. The third kappa shape index (κ3) is 3.69. The average molecular weight is 396 g/mol. The molecule has 0 saturated heterocycles. The Morgan fingerprint density at radius 1 is 1.24 bits per heavy atom. The van der Waals surface area contributed by atoms with E-state index in [2.05, 4.69) is 43.2 Å². The number of carbonyl (C=O) groups is 1. The molecule has 1 heterocycles. The maximum atomic E-state index is 12.5. The molecule has 0 fully saturated rings. The van der Waals surface area contributed by atoms with Crippen molar-refractivity contribution in [1.82, 2.24) is 9.97 Å². The van der Waals surface area contributed by atoms with Crippen molar-refractivity contribution in [2.45, 2.75) is 19.8 Å². The fourth-order valence-corrected chi connectivity index (χ4v) is 2.30. The molecule has 0 radical (unpaired) electrons. The van der Waals surface area contributed by atoms with Crippen LogP contribution < -0.4 is 10.6 Å². The maximum Gasteiger partial charge on any atom is 0.276 e. The lowest BCUT2D eigenvalue weighted by Gasteiger charge is -2.12. The first-order valence-electron chi connectivity index (χ1n) is 6.63. The number of rotatable bonds is 4. The molecule has 2 rings (SSSR count). The minimum atomic E-state index is -0.243. The molecule has 0 bridgehead atoms. The fourth-order valence-electron chi connectivity index (χ4n) is 1.77. The van der Waals surface area contributed by atoms with Crippen molar-refractivity contribution < 1.29 is 4.79 Å². The second-order valence-corrected chi connectivity index (χ2v) is 5.99. The lowest BCUT2D eigenvalue weighted by Crippen LogP contribution is -2.18. The molecule has 1 aromatic carbocycles. The number of anilines is 2. The largest absolute Gasteiger partial charge is 0.385 e.